The first kappa shape index (κ1) is 75.0. The molecule has 0 aliphatic carbocycles. The van der Waals surface area contributed by atoms with Gasteiger partial charge in [-0.05, 0) is 12.8 Å². The largest absolute Gasteiger partial charge is 0.394 e. The van der Waals surface area contributed by atoms with E-state index in [9.17, 15) is 61.0 Å². The maximum atomic E-state index is 13.4. The first-order valence-corrected chi connectivity index (χ1v) is 33.3. The SMILES string of the molecule is CCCCCCCCCCCCCCCCCCCCCCC(=O)NC(COC1OC(CO)C(OC2OC(CO)C(OC3OC(CO)C(O)C(O)C3O)C(O)C2O)C(O)C1O)C(O)CCCCCCCCCCCCCCCCCCC. The van der Waals surface area contributed by atoms with Crippen molar-refractivity contribution in [1.82, 2.24) is 5.32 Å². The molecular formula is C63H121NO18. The Hall–Kier alpha value is -1.21. The molecule has 3 aliphatic rings. The van der Waals surface area contributed by atoms with Crippen LogP contribution in [0, 0.1) is 0 Å². The number of carbonyl (C=O) groups is 1. The van der Waals surface area contributed by atoms with Gasteiger partial charge in [-0.25, -0.2) is 0 Å². The number of unbranched alkanes of at least 4 members (excludes halogenated alkanes) is 35. The molecule has 17 unspecified atom stereocenters. The summed E-state index contributed by atoms with van der Waals surface area (Å²) >= 11 is 0. The lowest BCUT2D eigenvalue weighted by Gasteiger charge is -2.48. The number of aliphatic hydroxyl groups excluding tert-OH is 11. The summed E-state index contributed by atoms with van der Waals surface area (Å²) in [4.78, 5) is 13.4. The molecule has 12 N–H and O–H groups in total. The third-order valence-corrected chi connectivity index (χ3v) is 17.2. The van der Waals surface area contributed by atoms with Crippen LogP contribution in [0.4, 0.5) is 0 Å². The molecule has 19 nitrogen and oxygen atoms in total. The van der Waals surface area contributed by atoms with Crippen LogP contribution in [0.25, 0.3) is 0 Å². The van der Waals surface area contributed by atoms with Gasteiger partial charge in [-0.15, -0.1) is 0 Å². The number of hydrogen-bond acceptors (Lipinski definition) is 18. The number of rotatable bonds is 51. The number of aliphatic hydroxyl groups is 11. The second-order valence-electron chi connectivity index (χ2n) is 24.3. The van der Waals surface area contributed by atoms with E-state index in [1.807, 2.05) is 0 Å². The molecular weight excluding hydrogens is 1060 g/mol. The predicted molar refractivity (Wildman–Crippen MR) is 314 cm³/mol. The van der Waals surface area contributed by atoms with E-state index in [1.165, 1.54) is 186 Å². The van der Waals surface area contributed by atoms with E-state index in [2.05, 4.69) is 19.2 Å². The molecule has 0 saturated carbocycles. The Balaban J connectivity index is 1.45. The summed E-state index contributed by atoms with van der Waals surface area (Å²) in [5, 5.41) is 121. The van der Waals surface area contributed by atoms with Crippen molar-refractivity contribution in [3.63, 3.8) is 0 Å². The van der Waals surface area contributed by atoms with Crippen LogP contribution in [0.1, 0.15) is 264 Å². The second-order valence-corrected chi connectivity index (χ2v) is 24.3. The molecule has 486 valence electrons. The molecule has 0 aromatic rings. The highest BCUT2D eigenvalue weighted by Crippen LogP contribution is 2.33. The van der Waals surface area contributed by atoms with Crippen molar-refractivity contribution < 1.29 is 89.4 Å². The highest BCUT2D eigenvalue weighted by Gasteiger charge is 2.53. The van der Waals surface area contributed by atoms with Gasteiger partial charge < -0.3 is 89.9 Å². The zero-order chi connectivity index (χ0) is 59.7. The molecule has 19 heteroatoms. The lowest BCUT2D eigenvalue weighted by Crippen LogP contribution is -2.66. The Bertz CT molecular complexity index is 1500. The minimum atomic E-state index is -1.97. The molecule has 82 heavy (non-hydrogen) atoms. The first-order chi connectivity index (χ1) is 39.8. The molecule has 0 bridgehead atoms. The minimum Gasteiger partial charge on any atom is -0.394 e. The smallest absolute Gasteiger partial charge is 0.220 e. The normalized spacial score (nSPS) is 29.5. The third kappa shape index (κ3) is 29.7. The fourth-order valence-electron chi connectivity index (χ4n) is 11.7. The number of carbonyl (C=O) groups excluding carboxylic acids is 1. The summed E-state index contributed by atoms with van der Waals surface area (Å²) < 4.78 is 34.4. The van der Waals surface area contributed by atoms with Crippen LogP contribution in [0.2, 0.25) is 0 Å². The van der Waals surface area contributed by atoms with E-state index in [0.717, 1.165) is 44.9 Å². The van der Waals surface area contributed by atoms with E-state index >= 15 is 0 Å². The average Bonchev–Trinajstić information content (AvgIpc) is 3.25. The van der Waals surface area contributed by atoms with Crippen LogP contribution >= 0.6 is 0 Å². The van der Waals surface area contributed by atoms with Crippen molar-refractivity contribution in [3.05, 3.63) is 0 Å². The van der Waals surface area contributed by atoms with Crippen LogP contribution in [0.5, 0.6) is 0 Å². The Morgan fingerprint density at radius 3 is 1.06 bits per heavy atom. The molecule has 3 heterocycles. The van der Waals surface area contributed by atoms with E-state index < -0.39 is 124 Å². The fraction of sp³-hybridized carbons (Fsp3) is 0.984. The Morgan fingerprint density at radius 2 is 0.695 bits per heavy atom. The van der Waals surface area contributed by atoms with Crippen molar-refractivity contribution in [2.45, 2.75) is 369 Å². The quantitative estimate of drug-likeness (QED) is 0.0262. The van der Waals surface area contributed by atoms with Crippen molar-refractivity contribution in [2.75, 3.05) is 26.4 Å². The maximum absolute atomic E-state index is 13.4. The van der Waals surface area contributed by atoms with E-state index in [1.54, 1.807) is 0 Å². The van der Waals surface area contributed by atoms with Gasteiger partial charge in [0.15, 0.2) is 18.9 Å². The van der Waals surface area contributed by atoms with Gasteiger partial charge in [0.25, 0.3) is 0 Å². The topological polar surface area (TPSA) is 307 Å². The second kappa shape index (κ2) is 46.9. The molecule has 0 aromatic heterocycles. The fourth-order valence-corrected chi connectivity index (χ4v) is 11.7. The summed E-state index contributed by atoms with van der Waals surface area (Å²) in [5.74, 6) is -0.237. The van der Waals surface area contributed by atoms with E-state index in [4.69, 9.17) is 28.4 Å². The summed E-state index contributed by atoms with van der Waals surface area (Å²) in [7, 11) is 0. The zero-order valence-corrected chi connectivity index (χ0v) is 51.0. The molecule has 3 fully saturated rings. The molecule has 0 aromatic carbocycles. The monoisotopic (exact) mass is 1180 g/mol. The number of ether oxygens (including phenoxy) is 6. The van der Waals surface area contributed by atoms with Gasteiger partial charge >= 0.3 is 0 Å². The molecule has 1 amide bonds. The van der Waals surface area contributed by atoms with Crippen molar-refractivity contribution >= 4 is 5.91 Å². The predicted octanol–water partition coefficient (Wildman–Crippen LogP) is 7.55. The zero-order valence-electron chi connectivity index (χ0n) is 51.0. The highest BCUT2D eigenvalue weighted by atomic mass is 16.8. The number of nitrogens with one attached hydrogen (secondary N) is 1. The van der Waals surface area contributed by atoms with Gasteiger partial charge in [0.2, 0.25) is 5.91 Å². The van der Waals surface area contributed by atoms with Gasteiger partial charge in [-0.2, -0.15) is 0 Å². The van der Waals surface area contributed by atoms with E-state index in [-0.39, 0.29) is 18.9 Å². The third-order valence-electron chi connectivity index (χ3n) is 17.2. The van der Waals surface area contributed by atoms with Gasteiger partial charge in [-0.1, -0.05) is 245 Å². The molecule has 3 saturated heterocycles. The first-order valence-electron chi connectivity index (χ1n) is 33.3. The van der Waals surface area contributed by atoms with Crippen molar-refractivity contribution in [2.24, 2.45) is 0 Å². The summed E-state index contributed by atoms with van der Waals surface area (Å²) in [6.45, 7) is 1.83. The van der Waals surface area contributed by atoms with Gasteiger partial charge in [0.05, 0.1) is 38.6 Å². The molecule has 0 spiro atoms. The van der Waals surface area contributed by atoms with Gasteiger partial charge in [0, 0.05) is 6.42 Å². The van der Waals surface area contributed by atoms with Crippen molar-refractivity contribution in [1.29, 1.82) is 0 Å². The summed E-state index contributed by atoms with van der Waals surface area (Å²) in [5.41, 5.74) is 0. The van der Waals surface area contributed by atoms with E-state index in [0.29, 0.717) is 12.8 Å². The molecule has 17 atom stereocenters. The van der Waals surface area contributed by atoms with Gasteiger partial charge in [0.1, 0.15) is 73.2 Å². The maximum Gasteiger partial charge on any atom is 0.220 e. The molecule has 3 rings (SSSR count). The van der Waals surface area contributed by atoms with Crippen LogP contribution in [-0.4, -0.2) is 193 Å². The Kier molecular flexibility index (Phi) is 42.9. The minimum absolute atomic E-state index is 0.237. The Labute approximate surface area is 493 Å². The standard InChI is InChI=1S/C63H121NO18/c1-3-5-7-9-11-13-15-17-19-21-22-23-25-27-29-31-33-35-37-39-41-51(69)64-46(47(68)40-38-36-34-32-30-28-26-24-20-18-16-14-12-10-8-6-4-2)45-77-61-57(75)54(72)59(49(43-66)79-61)82-63-58(76)55(73)60(50(44-67)80-63)81-62-56(74)53(71)52(70)48(42-65)78-62/h46-50,52-63,65-68,70-76H,3-45H2,1-2H3,(H,64,69). The average molecular weight is 1180 g/mol. The van der Waals surface area contributed by atoms with Gasteiger partial charge in [-0.3, -0.25) is 4.79 Å². The highest BCUT2D eigenvalue weighted by molar-refractivity contribution is 5.76. The summed E-state index contributed by atoms with van der Waals surface area (Å²) in [6.07, 6.45) is 20.3. The number of hydrogen-bond donors (Lipinski definition) is 12. The van der Waals surface area contributed by atoms with Crippen LogP contribution in [0.15, 0.2) is 0 Å². The van der Waals surface area contributed by atoms with Crippen LogP contribution in [0.3, 0.4) is 0 Å². The molecule has 0 radical (unpaired) electrons. The Morgan fingerprint density at radius 1 is 0.390 bits per heavy atom. The van der Waals surface area contributed by atoms with Crippen LogP contribution in [-0.2, 0) is 33.2 Å². The lowest BCUT2D eigenvalue weighted by molar-refractivity contribution is -0.379. The number of amides is 1. The van der Waals surface area contributed by atoms with Crippen molar-refractivity contribution in [3.8, 4) is 0 Å². The lowest BCUT2D eigenvalue weighted by atomic mass is 9.96. The van der Waals surface area contributed by atoms with Crippen LogP contribution < -0.4 is 5.32 Å². The molecule has 3 aliphatic heterocycles. The summed E-state index contributed by atoms with van der Waals surface area (Å²) in [6, 6.07) is -0.881.